The average Bonchev–Trinajstić information content (AvgIpc) is 2.11. The average molecular weight is 266 g/mol. The molecule has 102 valence electrons. The zero-order valence-electron chi connectivity index (χ0n) is 10.3. The normalized spacial score (nSPS) is 17.3. The van der Waals surface area contributed by atoms with Crippen LogP contribution in [0.1, 0.15) is 33.6 Å². The quantitative estimate of drug-likeness (QED) is 0.482. The first-order chi connectivity index (χ1) is 7.61. The lowest BCUT2D eigenvalue weighted by atomic mass is 9.97. The molecule has 0 fully saturated rings. The van der Waals surface area contributed by atoms with Crippen LogP contribution in [0, 0.1) is 0 Å². The van der Waals surface area contributed by atoms with E-state index in [0.717, 1.165) is 0 Å². The highest BCUT2D eigenvalue weighted by molar-refractivity contribution is 7.79. The van der Waals surface area contributed by atoms with E-state index in [1.54, 1.807) is 13.8 Å². The third kappa shape index (κ3) is 9.22. The Labute approximate surface area is 104 Å². The second-order valence-electron chi connectivity index (χ2n) is 4.77. The van der Waals surface area contributed by atoms with Gasteiger partial charge in [0.2, 0.25) is 0 Å². The molecule has 0 aliphatic rings. The summed E-state index contributed by atoms with van der Waals surface area (Å²) in [6.07, 6.45) is -0.756. The molecule has 3 unspecified atom stereocenters. The topological polar surface area (TPSA) is 113 Å². The minimum absolute atomic E-state index is 0.00399. The van der Waals surface area contributed by atoms with E-state index in [-0.39, 0.29) is 19.4 Å². The van der Waals surface area contributed by atoms with Gasteiger partial charge in [0.25, 0.3) is 0 Å². The van der Waals surface area contributed by atoms with Crippen LogP contribution in [0.5, 0.6) is 0 Å². The van der Waals surface area contributed by atoms with E-state index in [9.17, 15) is 18.7 Å². The molecule has 7 heteroatoms. The summed E-state index contributed by atoms with van der Waals surface area (Å²) in [4.78, 5) is 10.5. The maximum atomic E-state index is 11.0. The van der Waals surface area contributed by atoms with Crippen LogP contribution in [-0.4, -0.2) is 43.3 Å². The van der Waals surface area contributed by atoms with Gasteiger partial charge in [-0.1, -0.05) is 11.1 Å². The van der Waals surface area contributed by atoms with Crippen molar-refractivity contribution in [3.8, 4) is 0 Å². The lowest BCUT2D eigenvalue weighted by molar-refractivity contribution is -0.144. The highest BCUT2D eigenvalue weighted by Gasteiger charge is 2.23. The second kappa shape index (κ2) is 7.05. The molecule has 0 radical (unpaired) electrons. The standard InChI is InChI=1S/C10H21NO5S/c1-7(12)16-6-8(13)4-9(17(14)15)5-10(2,3)11/h8-9,13H,4-6,11H2,1-3H3,(H,14,15)/p-1. The van der Waals surface area contributed by atoms with Crippen molar-refractivity contribution in [3.63, 3.8) is 0 Å². The van der Waals surface area contributed by atoms with Crippen LogP contribution in [0.15, 0.2) is 0 Å². The van der Waals surface area contributed by atoms with Gasteiger partial charge in [-0.05, 0) is 26.7 Å². The molecule has 3 N–H and O–H groups in total. The molecule has 0 aromatic carbocycles. The summed E-state index contributed by atoms with van der Waals surface area (Å²) in [6.45, 7) is 4.45. The molecule has 0 aliphatic heterocycles. The number of aliphatic hydroxyl groups is 1. The van der Waals surface area contributed by atoms with E-state index < -0.39 is 33.9 Å². The largest absolute Gasteiger partial charge is 0.772 e. The fourth-order valence-corrected chi connectivity index (χ4v) is 2.35. The molecule has 0 aliphatic carbocycles. The number of rotatable bonds is 7. The molecule has 17 heavy (non-hydrogen) atoms. The zero-order chi connectivity index (χ0) is 13.6. The molecular formula is C10H20NO5S-. The van der Waals surface area contributed by atoms with Gasteiger partial charge in [0.1, 0.15) is 6.61 Å². The van der Waals surface area contributed by atoms with E-state index in [2.05, 4.69) is 4.74 Å². The summed E-state index contributed by atoms with van der Waals surface area (Å²) >= 11 is -2.32. The van der Waals surface area contributed by atoms with E-state index in [0.29, 0.717) is 0 Å². The van der Waals surface area contributed by atoms with Crippen LogP contribution in [0.25, 0.3) is 0 Å². The van der Waals surface area contributed by atoms with Crippen molar-refractivity contribution >= 4 is 17.0 Å². The Kier molecular flexibility index (Phi) is 6.84. The van der Waals surface area contributed by atoms with Crippen LogP contribution in [-0.2, 0) is 20.6 Å². The van der Waals surface area contributed by atoms with E-state index in [4.69, 9.17) is 5.73 Å². The summed E-state index contributed by atoms with van der Waals surface area (Å²) in [5, 5.41) is 8.77. The first-order valence-electron chi connectivity index (χ1n) is 5.30. The smallest absolute Gasteiger partial charge is 0.302 e. The van der Waals surface area contributed by atoms with Gasteiger partial charge in [-0.2, -0.15) is 0 Å². The lowest BCUT2D eigenvalue weighted by Crippen LogP contribution is -2.39. The van der Waals surface area contributed by atoms with Crippen molar-refractivity contribution in [2.75, 3.05) is 6.61 Å². The molecule has 0 heterocycles. The van der Waals surface area contributed by atoms with Crippen LogP contribution in [0.2, 0.25) is 0 Å². The first-order valence-corrected chi connectivity index (χ1v) is 6.44. The van der Waals surface area contributed by atoms with E-state index >= 15 is 0 Å². The number of esters is 1. The fraction of sp³-hybridized carbons (Fsp3) is 0.900. The number of hydrogen-bond donors (Lipinski definition) is 2. The minimum atomic E-state index is -2.32. The van der Waals surface area contributed by atoms with Crippen molar-refractivity contribution in [1.82, 2.24) is 0 Å². The molecule has 0 aromatic heterocycles. The summed E-state index contributed by atoms with van der Waals surface area (Å²) < 4.78 is 26.5. The van der Waals surface area contributed by atoms with Crippen molar-refractivity contribution in [2.45, 2.75) is 50.5 Å². The van der Waals surface area contributed by atoms with Crippen LogP contribution < -0.4 is 5.73 Å². The van der Waals surface area contributed by atoms with Gasteiger partial charge in [-0.15, -0.1) is 0 Å². The number of nitrogens with two attached hydrogens (primary N) is 1. The number of carbonyl (C=O) groups is 1. The first kappa shape index (κ1) is 16.5. The summed E-state index contributed by atoms with van der Waals surface area (Å²) in [6, 6.07) is 0. The fourth-order valence-electron chi connectivity index (χ4n) is 1.40. The Morgan fingerprint density at radius 1 is 1.59 bits per heavy atom. The van der Waals surface area contributed by atoms with Crippen molar-refractivity contribution in [1.29, 1.82) is 0 Å². The number of hydrogen-bond acceptors (Lipinski definition) is 6. The Hall–Kier alpha value is -0.500. The molecule has 0 saturated heterocycles. The summed E-state index contributed by atoms with van der Waals surface area (Å²) in [5.41, 5.74) is 5.10. The van der Waals surface area contributed by atoms with E-state index in [1.165, 1.54) is 6.92 Å². The molecule has 0 saturated carbocycles. The van der Waals surface area contributed by atoms with E-state index in [1.807, 2.05) is 0 Å². The molecule has 0 bridgehead atoms. The van der Waals surface area contributed by atoms with Crippen LogP contribution >= 0.6 is 0 Å². The third-order valence-corrected chi connectivity index (χ3v) is 2.94. The molecule has 3 atom stereocenters. The zero-order valence-corrected chi connectivity index (χ0v) is 11.2. The van der Waals surface area contributed by atoms with Crippen molar-refractivity contribution < 1.29 is 23.4 Å². The maximum Gasteiger partial charge on any atom is 0.302 e. The molecule has 0 amide bonds. The van der Waals surface area contributed by atoms with Gasteiger partial charge in [0, 0.05) is 17.7 Å². The van der Waals surface area contributed by atoms with Gasteiger partial charge < -0.3 is 20.1 Å². The molecule has 0 aromatic rings. The monoisotopic (exact) mass is 266 g/mol. The van der Waals surface area contributed by atoms with Gasteiger partial charge in [-0.3, -0.25) is 9.00 Å². The predicted octanol–water partition coefficient (Wildman–Crippen LogP) is -0.324. The van der Waals surface area contributed by atoms with Crippen molar-refractivity contribution in [3.05, 3.63) is 0 Å². The minimum Gasteiger partial charge on any atom is -0.772 e. The number of carbonyl (C=O) groups excluding carboxylic acids is 1. The second-order valence-corrected chi connectivity index (χ2v) is 5.95. The lowest BCUT2D eigenvalue weighted by Gasteiger charge is -2.28. The Morgan fingerprint density at radius 2 is 2.12 bits per heavy atom. The number of ether oxygens (including phenoxy) is 1. The third-order valence-electron chi connectivity index (χ3n) is 2.04. The van der Waals surface area contributed by atoms with Gasteiger partial charge in [0.15, 0.2) is 0 Å². The SMILES string of the molecule is CC(=O)OCC(O)CC(CC(C)(C)N)S(=O)[O-]. The van der Waals surface area contributed by atoms with Gasteiger partial charge in [0.05, 0.1) is 6.10 Å². The predicted molar refractivity (Wildman–Crippen MR) is 62.8 cm³/mol. The van der Waals surface area contributed by atoms with Gasteiger partial charge >= 0.3 is 5.97 Å². The summed E-state index contributed by atoms with van der Waals surface area (Å²) in [7, 11) is 0. The Bertz CT molecular complexity index is 276. The highest BCUT2D eigenvalue weighted by atomic mass is 32.2. The van der Waals surface area contributed by atoms with Crippen LogP contribution in [0.3, 0.4) is 0 Å². The number of aliphatic hydroxyl groups excluding tert-OH is 1. The van der Waals surface area contributed by atoms with Gasteiger partial charge in [-0.25, -0.2) is 0 Å². The van der Waals surface area contributed by atoms with Crippen molar-refractivity contribution in [2.24, 2.45) is 5.73 Å². The Morgan fingerprint density at radius 3 is 2.47 bits per heavy atom. The molecule has 0 rings (SSSR count). The summed E-state index contributed by atoms with van der Waals surface area (Å²) in [5.74, 6) is -0.511. The van der Waals surface area contributed by atoms with Crippen LogP contribution in [0.4, 0.5) is 0 Å². The molecule has 0 spiro atoms. The maximum absolute atomic E-state index is 11.0. The Balaban J connectivity index is 4.25. The highest BCUT2D eigenvalue weighted by Crippen LogP contribution is 2.16. The molecular weight excluding hydrogens is 246 g/mol. The molecule has 6 nitrogen and oxygen atoms in total.